The zero-order valence-corrected chi connectivity index (χ0v) is 16.3. The molecule has 2 rings (SSSR count). The van der Waals surface area contributed by atoms with Gasteiger partial charge in [-0.1, -0.05) is 0 Å². The molecule has 1 aromatic carbocycles. The summed E-state index contributed by atoms with van der Waals surface area (Å²) in [4.78, 5) is 14.3. The third-order valence-corrected chi connectivity index (χ3v) is 6.71. The van der Waals surface area contributed by atoms with Crippen LogP contribution in [0, 0.1) is 0 Å². The fourth-order valence-corrected chi connectivity index (χ4v) is 4.52. The van der Waals surface area contributed by atoms with Crippen molar-refractivity contribution < 1.29 is 17.9 Å². The molecule has 0 radical (unpaired) electrons. The largest absolute Gasteiger partial charge is 0.462 e. The Kier molecular flexibility index (Phi) is 6.59. The van der Waals surface area contributed by atoms with Gasteiger partial charge < -0.3 is 9.64 Å². The van der Waals surface area contributed by atoms with E-state index in [1.807, 2.05) is 0 Å². The minimum absolute atomic E-state index is 0.00438. The van der Waals surface area contributed by atoms with Gasteiger partial charge in [0, 0.05) is 19.1 Å². The van der Waals surface area contributed by atoms with Crippen LogP contribution in [0.25, 0.3) is 0 Å². The summed E-state index contributed by atoms with van der Waals surface area (Å²) in [6.07, 6.45) is 1.66. The number of carbonyl (C=O) groups is 1. The molecule has 1 aliphatic rings. The van der Waals surface area contributed by atoms with Crippen LogP contribution in [0.3, 0.4) is 0 Å². The first-order valence-corrected chi connectivity index (χ1v) is 10.2. The van der Waals surface area contributed by atoms with Gasteiger partial charge in [-0.3, -0.25) is 0 Å². The molecule has 25 heavy (non-hydrogen) atoms. The van der Waals surface area contributed by atoms with Gasteiger partial charge in [-0.15, -0.1) is 0 Å². The van der Waals surface area contributed by atoms with Gasteiger partial charge in [-0.25, -0.2) is 13.2 Å². The Morgan fingerprint density at radius 3 is 2.28 bits per heavy atom. The number of nitrogens with zero attached hydrogens (tertiary/aromatic N) is 2. The summed E-state index contributed by atoms with van der Waals surface area (Å²) in [6.45, 7) is 8.15. The average molecular weight is 368 g/mol. The lowest BCUT2D eigenvalue weighted by atomic mass is 10.0. The fourth-order valence-electron chi connectivity index (χ4n) is 3.11. The number of hydrogen-bond donors (Lipinski definition) is 0. The Morgan fingerprint density at radius 1 is 1.24 bits per heavy atom. The highest BCUT2D eigenvalue weighted by molar-refractivity contribution is 7.89. The number of piperidine rings is 1. The van der Waals surface area contributed by atoms with Crippen LogP contribution in [0.1, 0.15) is 44.0 Å². The second-order valence-electron chi connectivity index (χ2n) is 6.63. The van der Waals surface area contributed by atoms with E-state index in [1.54, 1.807) is 14.0 Å². The highest BCUT2D eigenvalue weighted by Gasteiger charge is 2.31. The predicted molar refractivity (Wildman–Crippen MR) is 97.1 cm³/mol. The quantitative estimate of drug-likeness (QED) is 0.721. The van der Waals surface area contributed by atoms with Gasteiger partial charge >= 0.3 is 5.97 Å². The van der Waals surface area contributed by atoms with Crippen molar-refractivity contribution in [3.05, 3.63) is 29.8 Å². The smallest absolute Gasteiger partial charge is 0.338 e. The molecule has 0 aromatic heterocycles. The number of sulfonamides is 1. The zero-order chi connectivity index (χ0) is 18.6. The van der Waals surface area contributed by atoms with E-state index in [4.69, 9.17) is 4.74 Å². The molecule has 0 bridgehead atoms. The van der Waals surface area contributed by atoms with Crippen LogP contribution in [0.2, 0.25) is 0 Å². The molecule has 0 atom stereocenters. The minimum Gasteiger partial charge on any atom is -0.462 e. The van der Waals surface area contributed by atoms with Gasteiger partial charge in [0.25, 0.3) is 0 Å². The fraction of sp³-hybridized carbons (Fsp3) is 0.611. The average Bonchev–Trinajstić information content (AvgIpc) is 2.61. The molecule has 1 aliphatic heterocycles. The summed E-state index contributed by atoms with van der Waals surface area (Å²) in [5, 5.41) is 0. The number of esters is 1. The van der Waals surface area contributed by atoms with Gasteiger partial charge in [-0.05, 0) is 71.0 Å². The summed E-state index contributed by atoms with van der Waals surface area (Å²) in [7, 11) is -1.93. The van der Waals surface area contributed by atoms with Gasteiger partial charge in [0.2, 0.25) is 10.0 Å². The zero-order valence-electron chi connectivity index (χ0n) is 15.4. The van der Waals surface area contributed by atoms with Crippen LogP contribution in [0.5, 0.6) is 0 Å². The molecule has 1 saturated heterocycles. The van der Waals surface area contributed by atoms with Gasteiger partial charge in [0.15, 0.2) is 0 Å². The van der Waals surface area contributed by atoms with Gasteiger partial charge in [-0.2, -0.15) is 4.31 Å². The van der Waals surface area contributed by atoms with Crippen molar-refractivity contribution in [2.45, 2.75) is 50.6 Å². The van der Waals surface area contributed by atoms with Crippen molar-refractivity contribution >= 4 is 16.0 Å². The lowest BCUT2D eigenvalue weighted by Gasteiger charge is -2.37. The molecule has 7 heteroatoms. The molecule has 1 fully saturated rings. The molecule has 0 unspecified atom stereocenters. The highest BCUT2D eigenvalue weighted by atomic mass is 32.2. The van der Waals surface area contributed by atoms with Gasteiger partial charge in [0.05, 0.1) is 17.1 Å². The SMILES string of the molecule is CCOC(=O)c1ccc(S(=O)(=O)N(C)C2CCN(C(C)C)CC2)cc1. The maximum Gasteiger partial charge on any atom is 0.338 e. The van der Waals surface area contributed by atoms with Crippen molar-refractivity contribution in [3.8, 4) is 0 Å². The second kappa shape index (κ2) is 8.29. The summed E-state index contributed by atoms with van der Waals surface area (Å²) in [5.41, 5.74) is 0.355. The number of benzene rings is 1. The first kappa shape index (κ1) is 19.9. The number of hydrogen-bond acceptors (Lipinski definition) is 5. The number of ether oxygens (including phenoxy) is 1. The van der Waals surface area contributed by atoms with E-state index < -0.39 is 16.0 Å². The molecule has 140 valence electrons. The first-order valence-electron chi connectivity index (χ1n) is 8.76. The third-order valence-electron chi connectivity index (χ3n) is 4.79. The second-order valence-corrected chi connectivity index (χ2v) is 8.62. The van der Waals surface area contributed by atoms with E-state index in [0.29, 0.717) is 11.6 Å². The number of carbonyl (C=O) groups excluding carboxylic acids is 1. The van der Waals surface area contributed by atoms with E-state index in [2.05, 4.69) is 18.7 Å². The number of rotatable bonds is 6. The Hall–Kier alpha value is -1.44. The summed E-state index contributed by atoms with van der Waals surface area (Å²) in [6, 6.07) is 6.44. The van der Waals surface area contributed by atoms with Crippen LogP contribution in [0.15, 0.2) is 29.2 Å². The van der Waals surface area contributed by atoms with Crippen molar-refractivity contribution in [1.29, 1.82) is 0 Å². The Morgan fingerprint density at radius 2 is 1.80 bits per heavy atom. The molecule has 0 saturated carbocycles. The topological polar surface area (TPSA) is 66.9 Å². The lowest BCUT2D eigenvalue weighted by Crippen LogP contribution is -2.47. The van der Waals surface area contributed by atoms with Crippen LogP contribution in [-0.2, 0) is 14.8 Å². The standard InChI is InChI=1S/C18H28N2O4S/c1-5-24-18(21)15-6-8-17(9-7-15)25(22,23)19(4)16-10-12-20(13-11-16)14(2)3/h6-9,14,16H,5,10-13H2,1-4H3. The van der Waals surface area contributed by atoms with Gasteiger partial charge in [0.1, 0.15) is 0 Å². The predicted octanol–water partition coefficient (Wildman–Crippen LogP) is 2.36. The molecule has 6 nitrogen and oxygen atoms in total. The molecule has 1 heterocycles. The molecule has 0 aliphatic carbocycles. The van der Waals surface area contributed by atoms with Crippen molar-refractivity contribution in [3.63, 3.8) is 0 Å². The van der Waals surface area contributed by atoms with Crippen LogP contribution < -0.4 is 0 Å². The van der Waals surface area contributed by atoms with E-state index in [-0.39, 0.29) is 17.5 Å². The van der Waals surface area contributed by atoms with E-state index in [9.17, 15) is 13.2 Å². The molecule has 0 N–H and O–H groups in total. The number of likely N-dealkylation sites (tertiary alicyclic amines) is 1. The molecule has 0 spiro atoms. The maximum atomic E-state index is 12.8. The molecule has 0 amide bonds. The van der Waals surface area contributed by atoms with E-state index >= 15 is 0 Å². The molecular formula is C18H28N2O4S. The van der Waals surface area contributed by atoms with E-state index in [0.717, 1.165) is 25.9 Å². The van der Waals surface area contributed by atoms with Crippen molar-refractivity contribution in [1.82, 2.24) is 9.21 Å². The summed E-state index contributed by atoms with van der Waals surface area (Å²) in [5.74, 6) is -0.444. The maximum absolute atomic E-state index is 12.8. The molecule has 1 aromatic rings. The summed E-state index contributed by atoms with van der Waals surface area (Å²) >= 11 is 0. The van der Waals surface area contributed by atoms with E-state index in [1.165, 1.54) is 28.6 Å². The van der Waals surface area contributed by atoms with Crippen LogP contribution >= 0.6 is 0 Å². The highest BCUT2D eigenvalue weighted by Crippen LogP contribution is 2.24. The molecular weight excluding hydrogens is 340 g/mol. The third kappa shape index (κ3) is 4.59. The van der Waals surface area contributed by atoms with Crippen LogP contribution in [-0.4, -0.2) is 62.4 Å². The Bertz CT molecular complexity index is 678. The monoisotopic (exact) mass is 368 g/mol. The van der Waals surface area contributed by atoms with Crippen molar-refractivity contribution in [2.24, 2.45) is 0 Å². The first-order chi connectivity index (χ1) is 11.8. The minimum atomic E-state index is -3.57. The normalized spacial score (nSPS) is 17.2. The van der Waals surface area contributed by atoms with Crippen molar-refractivity contribution in [2.75, 3.05) is 26.7 Å². The summed E-state index contributed by atoms with van der Waals surface area (Å²) < 4.78 is 32.1. The van der Waals surface area contributed by atoms with Crippen LogP contribution in [0.4, 0.5) is 0 Å². The Labute approximate surface area is 150 Å². The lowest BCUT2D eigenvalue weighted by molar-refractivity contribution is 0.0526. The Balaban J connectivity index is 2.09.